The summed E-state index contributed by atoms with van der Waals surface area (Å²) in [7, 11) is 0. The molecule has 1 aromatic carbocycles. The first-order valence-corrected chi connectivity index (χ1v) is 7.21. The minimum atomic E-state index is -0.440. The van der Waals surface area contributed by atoms with Crippen LogP contribution in [-0.2, 0) is 6.54 Å². The molecule has 0 spiro atoms. The quantitative estimate of drug-likeness (QED) is 0.534. The molecule has 0 aliphatic heterocycles. The van der Waals surface area contributed by atoms with Crippen molar-refractivity contribution in [3.63, 3.8) is 0 Å². The summed E-state index contributed by atoms with van der Waals surface area (Å²) in [5.74, 6) is 1.28. The lowest BCUT2D eigenvalue weighted by Crippen LogP contribution is -2.11. The topological polar surface area (TPSA) is 83.1 Å². The van der Waals surface area contributed by atoms with Crippen LogP contribution in [0.3, 0.4) is 0 Å². The number of nitro groups is 1. The first-order chi connectivity index (χ1) is 11.0. The van der Waals surface area contributed by atoms with Crippen LogP contribution in [0.4, 0.5) is 5.82 Å². The van der Waals surface area contributed by atoms with Crippen LogP contribution >= 0.6 is 0 Å². The second-order valence-corrected chi connectivity index (χ2v) is 5.23. The summed E-state index contributed by atoms with van der Waals surface area (Å²) in [6, 6.07) is 9.61. The van der Waals surface area contributed by atoms with Gasteiger partial charge in [0.15, 0.2) is 5.82 Å². The normalized spacial score (nSPS) is 10.9. The fourth-order valence-corrected chi connectivity index (χ4v) is 2.43. The largest absolute Gasteiger partial charge is 0.489 e. The van der Waals surface area contributed by atoms with Crippen molar-refractivity contribution in [1.29, 1.82) is 0 Å². The summed E-state index contributed by atoms with van der Waals surface area (Å²) >= 11 is 0. The number of hydrogen-bond acceptors (Lipinski definition) is 5. The van der Waals surface area contributed by atoms with Gasteiger partial charge in [0.05, 0.1) is 5.52 Å². The minimum Gasteiger partial charge on any atom is -0.489 e. The van der Waals surface area contributed by atoms with Gasteiger partial charge < -0.3 is 14.9 Å². The van der Waals surface area contributed by atoms with Gasteiger partial charge in [0.2, 0.25) is 0 Å². The van der Waals surface area contributed by atoms with Crippen molar-refractivity contribution in [2.24, 2.45) is 0 Å². The maximum Gasteiger partial charge on any atom is 0.342 e. The Morgan fingerprint density at radius 2 is 2.09 bits per heavy atom. The van der Waals surface area contributed by atoms with Crippen molar-refractivity contribution in [3.8, 4) is 5.75 Å². The molecule has 0 aliphatic carbocycles. The van der Waals surface area contributed by atoms with Crippen molar-refractivity contribution in [2.75, 3.05) is 6.61 Å². The molecule has 2 aromatic heterocycles. The Labute approximate surface area is 132 Å². The van der Waals surface area contributed by atoms with Gasteiger partial charge in [-0.25, -0.2) is 9.55 Å². The second kappa shape index (κ2) is 6.04. The number of aromatic nitrogens is 3. The van der Waals surface area contributed by atoms with Gasteiger partial charge in [-0.1, -0.05) is 6.07 Å². The predicted octanol–water partition coefficient (Wildman–Crippen LogP) is 3.04. The maximum absolute atomic E-state index is 10.9. The van der Waals surface area contributed by atoms with E-state index in [1.54, 1.807) is 6.92 Å². The average molecular weight is 312 g/mol. The van der Waals surface area contributed by atoms with E-state index in [1.807, 2.05) is 37.3 Å². The van der Waals surface area contributed by atoms with E-state index in [0.29, 0.717) is 24.7 Å². The van der Waals surface area contributed by atoms with Gasteiger partial charge in [0, 0.05) is 18.0 Å². The Hall–Kier alpha value is -2.96. The van der Waals surface area contributed by atoms with Gasteiger partial charge in [-0.2, -0.15) is 0 Å². The van der Waals surface area contributed by atoms with Gasteiger partial charge in [0.1, 0.15) is 25.1 Å². The number of hydrogen-bond donors (Lipinski definition) is 0. The first kappa shape index (κ1) is 15.0. The van der Waals surface area contributed by atoms with Crippen LogP contribution in [0.1, 0.15) is 11.5 Å². The lowest BCUT2D eigenvalue weighted by molar-refractivity contribution is -0.392. The Kier molecular flexibility index (Phi) is 3.92. The summed E-state index contributed by atoms with van der Waals surface area (Å²) in [4.78, 5) is 18.9. The summed E-state index contributed by atoms with van der Waals surface area (Å²) < 4.78 is 7.24. The Bertz CT molecular complexity index is 873. The molecule has 0 fully saturated rings. The first-order valence-electron chi connectivity index (χ1n) is 7.21. The average Bonchev–Trinajstić information content (AvgIpc) is 2.89. The van der Waals surface area contributed by atoms with E-state index < -0.39 is 4.92 Å². The third-order valence-electron chi connectivity index (χ3n) is 3.60. The summed E-state index contributed by atoms with van der Waals surface area (Å²) in [6.45, 7) is 4.37. The summed E-state index contributed by atoms with van der Waals surface area (Å²) in [5.41, 5.74) is 1.88. The van der Waals surface area contributed by atoms with E-state index in [-0.39, 0.29) is 5.82 Å². The smallest absolute Gasteiger partial charge is 0.342 e. The maximum atomic E-state index is 10.9. The fourth-order valence-electron chi connectivity index (χ4n) is 2.43. The number of pyridine rings is 1. The highest BCUT2D eigenvalue weighted by molar-refractivity contribution is 5.80. The van der Waals surface area contributed by atoms with E-state index >= 15 is 0 Å². The van der Waals surface area contributed by atoms with Crippen LogP contribution < -0.4 is 4.74 Å². The molecular weight excluding hydrogens is 296 g/mol. The molecule has 23 heavy (non-hydrogen) atoms. The monoisotopic (exact) mass is 312 g/mol. The minimum absolute atomic E-state index is 0.0238. The molecule has 0 N–H and O–H groups in total. The van der Waals surface area contributed by atoms with Crippen molar-refractivity contribution in [1.82, 2.24) is 14.5 Å². The fraction of sp³-hybridized carbons (Fsp3) is 0.250. The molecule has 0 amide bonds. The zero-order valence-electron chi connectivity index (χ0n) is 12.9. The number of aryl methyl sites for hydroxylation is 2. The van der Waals surface area contributed by atoms with Crippen LogP contribution in [0, 0.1) is 24.0 Å². The second-order valence-electron chi connectivity index (χ2n) is 5.23. The van der Waals surface area contributed by atoms with Gasteiger partial charge in [-0.15, -0.1) is 0 Å². The molecule has 3 aromatic rings. The highest BCUT2D eigenvalue weighted by Gasteiger charge is 2.16. The lowest BCUT2D eigenvalue weighted by Gasteiger charge is -2.07. The molecule has 3 rings (SSSR count). The number of rotatable bonds is 5. The number of imidazole rings is 1. The predicted molar refractivity (Wildman–Crippen MR) is 85.6 cm³/mol. The third-order valence-corrected chi connectivity index (χ3v) is 3.60. The van der Waals surface area contributed by atoms with Crippen LogP contribution in [0.25, 0.3) is 10.9 Å². The van der Waals surface area contributed by atoms with E-state index in [9.17, 15) is 10.1 Å². The number of benzene rings is 1. The van der Waals surface area contributed by atoms with E-state index in [0.717, 1.165) is 16.6 Å². The van der Waals surface area contributed by atoms with Crippen molar-refractivity contribution in [3.05, 3.63) is 58.2 Å². The molecular formula is C16H16N4O3. The Morgan fingerprint density at radius 3 is 2.87 bits per heavy atom. The molecule has 0 aliphatic rings. The van der Waals surface area contributed by atoms with Gasteiger partial charge in [-0.05, 0) is 36.1 Å². The van der Waals surface area contributed by atoms with Gasteiger partial charge >= 0.3 is 5.82 Å². The molecule has 0 unspecified atom stereocenters. The highest BCUT2D eigenvalue weighted by Crippen LogP contribution is 2.20. The molecule has 7 heteroatoms. The van der Waals surface area contributed by atoms with Crippen LogP contribution in [0.2, 0.25) is 0 Å². The molecule has 2 heterocycles. The van der Waals surface area contributed by atoms with Gasteiger partial charge in [-0.3, -0.25) is 4.98 Å². The summed E-state index contributed by atoms with van der Waals surface area (Å²) in [6.07, 6.45) is 1.26. The van der Waals surface area contributed by atoms with Crippen LogP contribution in [0.5, 0.6) is 5.75 Å². The standard InChI is InChI=1S/C16H16N4O3/c1-11-3-4-13-9-14(5-6-15(13)18-11)23-8-7-19-12(2)17-10-16(19)20(21)22/h3-6,9-10H,7-8H2,1-2H3. The third kappa shape index (κ3) is 3.13. The molecule has 118 valence electrons. The molecule has 0 atom stereocenters. The molecule has 0 radical (unpaired) electrons. The van der Waals surface area contributed by atoms with Crippen molar-refractivity contribution < 1.29 is 9.66 Å². The van der Waals surface area contributed by atoms with Crippen LogP contribution in [0.15, 0.2) is 36.5 Å². The zero-order chi connectivity index (χ0) is 16.4. The lowest BCUT2D eigenvalue weighted by atomic mass is 10.2. The van der Waals surface area contributed by atoms with E-state index in [4.69, 9.17) is 4.74 Å². The Balaban J connectivity index is 1.70. The number of ether oxygens (including phenoxy) is 1. The van der Waals surface area contributed by atoms with E-state index in [2.05, 4.69) is 9.97 Å². The molecule has 0 saturated carbocycles. The Morgan fingerprint density at radius 1 is 1.26 bits per heavy atom. The molecule has 0 saturated heterocycles. The number of nitrogens with zero attached hydrogens (tertiary/aromatic N) is 4. The molecule has 0 bridgehead atoms. The van der Waals surface area contributed by atoms with Gasteiger partial charge in [0.25, 0.3) is 0 Å². The SMILES string of the molecule is Cc1ccc2cc(OCCn3c([N+](=O)[O-])cnc3C)ccc2n1. The van der Waals surface area contributed by atoms with Crippen molar-refractivity contribution >= 4 is 16.7 Å². The van der Waals surface area contributed by atoms with E-state index in [1.165, 1.54) is 10.8 Å². The molecule has 7 nitrogen and oxygen atoms in total. The number of fused-ring (bicyclic) bond motifs is 1. The zero-order valence-corrected chi connectivity index (χ0v) is 12.9. The highest BCUT2D eigenvalue weighted by atomic mass is 16.6. The van der Waals surface area contributed by atoms with Crippen molar-refractivity contribution in [2.45, 2.75) is 20.4 Å². The van der Waals surface area contributed by atoms with Crippen LogP contribution in [-0.4, -0.2) is 26.1 Å². The summed E-state index contributed by atoms with van der Waals surface area (Å²) in [5, 5.41) is 11.9.